The summed E-state index contributed by atoms with van der Waals surface area (Å²) >= 11 is 6.12. The number of para-hydroxylation sites is 1. The summed E-state index contributed by atoms with van der Waals surface area (Å²) in [7, 11) is 1.83. The Labute approximate surface area is 117 Å². The fourth-order valence-corrected chi connectivity index (χ4v) is 2.31. The Kier molecular flexibility index (Phi) is 4.40. The van der Waals surface area contributed by atoms with E-state index >= 15 is 0 Å². The number of rotatable bonds is 4. The molecule has 0 radical (unpaired) electrons. The molecule has 0 saturated carbocycles. The first kappa shape index (κ1) is 13.8. The topological polar surface area (TPSA) is 29.3 Å². The van der Waals surface area contributed by atoms with E-state index in [1.807, 2.05) is 42.3 Å². The third kappa shape index (κ3) is 3.06. The Balaban J connectivity index is 2.30. The van der Waals surface area contributed by atoms with Gasteiger partial charge < -0.3 is 10.6 Å². The van der Waals surface area contributed by atoms with Crippen molar-refractivity contribution in [3.8, 4) is 0 Å². The van der Waals surface area contributed by atoms with E-state index in [4.69, 9.17) is 17.3 Å². The summed E-state index contributed by atoms with van der Waals surface area (Å²) in [5.74, 6) is -0.266. The lowest BCUT2D eigenvalue weighted by atomic mass is 10.1. The second-order valence-electron chi connectivity index (χ2n) is 4.40. The highest BCUT2D eigenvalue weighted by molar-refractivity contribution is 6.31. The number of anilines is 1. The Morgan fingerprint density at radius 1 is 1.11 bits per heavy atom. The van der Waals surface area contributed by atoms with Crippen LogP contribution in [0.15, 0.2) is 42.5 Å². The molecule has 0 aromatic heterocycles. The highest BCUT2D eigenvalue weighted by Crippen LogP contribution is 2.26. The average Bonchev–Trinajstić information content (AvgIpc) is 2.40. The van der Waals surface area contributed by atoms with Crippen LogP contribution in [0, 0.1) is 5.82 Å². The molecule has 2 aromatic rings. The van der Waals surface area contributed by atoms with Crippen LogP contribution in [0.1, 0.15) is 11.1 Å². The van der Waals surface area contributed by atoms with E-state index in [-0.39, 0.29) is 5.82 Å². The van der Waals surface area contributed by atoms with Crippen LogP contribution in [0.4, 0.5) is 10.1 Å². The summed E-state index contributed by atoms with van der Waals surface area (Å²) < 4.78 is 14.0. The van der Waals surface area contributed by atoms with Gasteiger partial charge in [0.05, 0.1) is 5.69 Å². The van der Waals surface area contributed by atoms with Gasteiger partial charge in [-0.25, -0.2) is 4.39 Å². The fourth-order valence-electron chi connectivity index (χ4n) is 2.11. The minimum absolute atomic E-state index is 0.266. The van der Waals surface area contributed by atoms with Crippen molar-refractivity contribution in [3.63, 3.8) is 0 Å². The van der Waals surface area contributed by atoms with Crippen LogP contribution in [0.5, 0.6) is 0 Å². The van der Waals surface area contributed by atoms with E-state index in [2.05, 4.69) is 0 Å². The van der Waals surface area contributed by atoms with Gasteiger partial charge in [-0.3, -0.25) is 0 Å². The van der Waals surface area contributed by atoms with Gasteiger partial charge in [0.2, 0.25) is 0 Å². The van der Waals surface area contributed by atoms with Crippen LogP contribution < -0.4 is 10.6 Å². The predicted octanol–water partition coefficient (Wildman–Crippen LogP) is 3.57. The summed E-state index contributed by atoms with van der Waals surface area (Å²) in [6, 6.07) is 12.5. The largest absolute Gasteiger partial charge is 0.368 e. The van der Waals surface area contributed by atoms with Gasteiger partial charge in [0, 0.05) is 25.2 Å². The smallest absolute Gasteiger partial charge is 0.146 e. The van der Waals surface area contributed by atoms with Crippen molar-refractivity contribution in [2.75, 3.05) is 11.9 Å². The molecule has 0 saturated heterocycles. The van der Waals surface area contributed by atoms with E-state index in [0.717, 1.165) is 11.1 Å². The maximum atomic E-state index is 14.0. The summed E-state index contributed by atoms with van der Waals surface area (Å²) in [5.41, 5.74) is 7.94. The number of halogens is 2. The zero-order chi connectivity index (χ0) is 13.8. The SMILES string of the molecule is CN(Cc1ccccc1Cl)c1c(F)cccc1CN. The van der Waals surface area contributed by atoms with Crippen molar-refractivity contribution in [1.82, 2.24) is 0 Å². The van der Waals surface area contributed by atoms with Gasteiger partial charge in [0.15, 0.2) is 0 Å². The standard InChI is InChI=1S/C15H16ClFN2/c1-19(10-12-5-2-3-7-13(12)16)15-11(9-18)6-4-8-14(15)17/h2-8H,9-10,18H2,1H3. The molecule has 19 heavy (non-hydrogen) atoms. The number of nitrogens with zero attached hydrogens (tertiary/aromatic N) is 1. The van der Waals surface area contributed by atoms with Crippen molar-refractivity contribution in [1.29, 1.82) is 0 Å². The molecule has 0 amide bonds. The summed E-state index contributed by atoms with van der Waals surface area (Å²) in [4.78, 5) is 1.83. The Morgan fingerprint density at radius 3 is 2.47 bits per heavy atom. The van der Waals surface area contributed by atoms with Gasteiger partial charge in [-0.15, -0.1) is 0 Å². The van der Waals surface area contributed by atoms with Gasteiger partial charge in [-0.05, 0) is 23.3 Å². The first-order valence-corrected chi connectivity index (χ1v) is 6.43. The van der Waals surface area contributed by atoms with Crippen LogP contribution in [0.2, 0.25) is 5.02 Å². The molecule has 0 atom stereocenters. The Hall–Kier alpha value is -1.58. The van der Waals surface area contributed by atoms with Crippen LogP contribution in [-0.4, -0.2) is 7.05 Å². The maximum absolute atomic E-state index is 14.0. The molecule has 2 rings (SSSR count). The minimum atomic E-state index is -0.266. The molecule has 2 aromatic carbocycles. The second-order valence-corrected chi connectivity index (χ2v) is 4.81. The minimum Gasteiger partial charge on any atom is -0.368 e. The molecule has 0 heterocycles. The van der Waals surface area contributed by atoms with Gasteiger partial charge in [-0.2, -0.15) is 0 Å². The lowest BCUT2D eigenvalue weighted by Crippen LogP contribution is -2.20. The zero-order valence-corrected chi connectivity index (χ0v) is 11.5. The molecule has 2 N–H and O–H groups in total. The summed E-state index contributed by atoms with van der Waals surface area (Å²) in [5, 5.41) is 0.681. The first-order chi connectivity index (χ1) is 9.13. The third-order valence-corrected chi connectivity index (χ3v) is 3.41. The van der Waals surface area contributed by atoms with E-state index in [9.17, 15) is 4.39 Å². The molecule has 0 fully saturated rings. The highest BCUT2D eigenvalue weighted by Gasteiger charge is 2.13. The van der Waals surface area contributed by atoms with Crippen LogP contribution in [0.25, 0.3) is 0 Å². The molecule has 4 heteroatoms. The normalized spacial score (nSPS) is 10.5. The monoisotopic (exact) mass is 278 g/mol. The van der Waals surface area contributed by atoms with Gasteiger partial charge in [-0.1, -0.05) is 41.9 Å². The van der Waals surface area contributed by atoms with E-state index < -0.39 is 0 Å². The van der Waals surface area contributed by atoms with Crippen LogP contribution in [-0.2, 0) is 13.1 Å². The van der Waals surface area contributed by atoms with E-state index in [1.54, 1.807) is 6.07 Å². The van der Waals surface area contributed by atoms with Crippen molar-refractivity contribution < 1.29 is 4.39 Å². The van der Waals surface area contributed by atoms with Crippen molar-refractivity contribution in [2.45, 2.75) is 13.1 Å². The van der Waals surface area contributed by atoms with Gasteiger partial charge in [0.1, 0.15) is 5.82 Å². The molecule has 0 aliphatic rings. The Morgan fingerprint density at radius 2 is 1.79 bits per heavy atom. The summed E-state index contributed by atoms with van der Waals surface area (Å²) in [6.45, 7) is 0.841. The highest BCUT2D eigenvalue weighted by atomic mass is 35.5. The lowest BCUT2D eigenvalue weighted by Gasteiger charge is -2.23. The van der Waals surface area contributed by atoms with Crippen LogP contribution >= 0.6 is 11.6 Å². The molecule has 0 aliphatic carbocycles. The quantitative estimate of drug-likeness (QED) is 0.926. The van der Waals surface area contributed by atoms with Crippen LogP contribution in [0.3, 0.4) is 0 Å². The lowest BCUT2D eigenvalue weighted by molar-refractivity contribution is 0.619. The molecular formula is C15H16ClFN2. The molecule has 0 unspecified atom stereocenters. The van der Waals surface area contributed by atoms with Crippen molar-refractivity contribution >= 4 is 17.3 Å². The number of hydrogen-bond donors (Lipinski definition) is 1. The van der Waals surface area contributed by atoms with Crippen molar-refractivity contribution in [3.05, 3.63) is 64.4 Å². The maximum Gasteiger partial charge on any atom is 0.146 e. The fraction of sp³-hybridized carbons (Fsp3) is 0.200. The molecule has 0 aliphatic heterocycles. The number of hydrogen-bond acceptors (Lipinski definition) is 2. The Bertz CT molecular complexity index is 572. The van der Waals surface area contributed by atoms with E-state index in [1.165, 1.54) is 6.07 Å². The number of nitrogens with two attached hydrogens (primary N) is 1. The zero-order valence-electron chi connectivity index (χ0n) is 10.7. The molecular weight excluding hydrogens is 263 g/mol. The van der Waals surface area contributed by atoms with Gasteiger partial charge >= 0.3 is 0 Å². The average molecular weight is 279 g/mol. The number of benzene rings is 2. The predicted molar refractivity (Wildman–Crippen MR) is 77.9 cm³/mol. The third-order valence-electron chi connectivity index (χ3n) is 3.04. The first-order valence-electron chi connectivity index (χ1n) is 6.05. The molecule has 2 nitrogen and oxygen atoms in total. The van der Waals surface area contributed by atoms with Gasteiger partial charge in [0.25, 0.3) is 0 Å². The van der Waals surface area contributed by atoms with Crippen molar-refractivity contribution in [2.24, 2.45) is 5.73 Å². The molecule has 0 spiro atoms. The molecule has 100 valence electrons. The summed E-state index contributed by atoms with van der Waals surface area (Å²) in [6.07, 6.45) is 0. The van der Waals surface area contributed by atoms with E-state index in [0.29, 0.717) is 23.8 Å². The second kappa shape index (κ2) is 6.04. The molecule has 0 bridgehead atoms.